The van der Waals surface area contributed by atoms with Gasteiger partial charge in [-0.25, -0.2) is 4.39 Å². The molecule has 0 radical (unpaired) electrons. The smallest absolute Gasteiger partial charge is 0.244 e. The van der Waals surface area contributed by atoms with Crippen molar-refractivity contribution in [1.29, 1.82) is 0 Å². The lowest BCUT2D eigenvalue weighted by atomic mass is 10.2. The van der Waals surface area contributed by atoms with Crippen LogP contribution in [-0.4, -0.2) is 25.0 Å². The van der Waals surface area contributed by atoms with E-state index in [1.807, 2.05) is 0 Å². The van der Waals surface area contributed by atoms with Crippen molar-refractivity contribution < 1.29 is 9.18 Å². The van der Waals surface area contributed by atoms with E-state index in [1.165, 1.54) is 18.2 Å². The molecule has 1 atom stereocenters. The van der Waals surface area contributed by atoms with Gasteiger partial charge in [-0.1, -0.05) is 12.1 Å². The minimum Gasteiger partial charge on any atom is -0.348 e. The summed E-state index contributed by atoms with van der Waals surface area (Å²) in [5, 5.41) is 6.08. The predicted octanol–water partition coefficient (Wildman–Crippen LogP) is 1.32. The first-order valence-electron chi connectivity index (χ1n) is 5.69. The second-order valence-electron chi connectivity index (χ2n) is 4.08. The molecule has 0 spiro atoms. The van der Waals surface area contributed by atoms with Crippen molar-refractivity contribution in [2.24, 2.45) is 0 Å². The Morgan fingerprint density at radius 2 is 2.18 bits per heavy atom. The fraction of sp³-hybridized carbons (Fsp3) is 0.308. The Bertz CT molecular complexity index is 408. The number of amides is 1. The summed E-state index contributed by atoms with van der Waals surface area (Å²) in [6.45, 7) is 1.78. The third-order valence-electron chi connectivity index (χ3n) is 2.70. The molecule has 4 heteroatoms. The predicted molar refractivity (Wildman–Crippen MR) is 64.9 cm³/mol. The number of nitrogens with one attached hydrogen (secondary N) is 2. The molecule has 1 aromatic rings. The summed E-state index contributed by atoms with van der Waals surface area (Å²) < 4.78 is 12.6. The molecule has 0 unspecified atom stereocenters. The van der Waals surface area contributed by atoms with Gasteiger partial charge in [0.1, 0.15) is 5.82 Å². The highest BCUT2D eigenvalue weighted by Crippen LogP contribution is 2.04. The average molecular weight is 234 g/mol. The molecule has 1 aliphatic rings. The summed E-state index contributed by atoms with van der Waals surface area (Å²) in [6, 6.07) is 6.24. The van der Waals surface area contributed by atoms with E-state index in [2.05, 4.69) is 10.6 Å². The molecule has 1 fully saturated rings. The van der Waals surface area contributed by atoms with Crippen molar-refractivity contribution in [3.05, 3.63) is 41.7 Å². The van der Waals surface area contributed by atoms with Crippen molar-refractivity contribution in [1.82, 2.24) is 10.6 Å². The Kier molecular flexibility index (Phi) is 3.88. The summed E-state index contributed by atoms with van der Waals surface area (Å²) >= 11 is 0. The van der Waals surface area contributed by atoms with Crippen molar-refractivity contribution in [2.45, 2.75) is 12.5 Å². The van der Waals surface area contributed by atoms with Crippen LogP contribution in [0.4, 0.5) is 4.39 Å². The van der Waals surface area contributed by atoms with E-state index in [1.54, 1.807) is 18.2 Å². The first-order valence-corrected chi connectivity index (χ1v) is 5.69. The van der Waals surface area contributed by atoms with Gasteiger partial charge >= 0.3 is 0 Å². The van der Waals surface area contributed by atoms with E-state index >= 15 is 0 Å². The van der Waals surface area contributed by atoms with Gasteiger partial charge in [-0.3, -0.25) is 4.79 Å². The van der Waals surface area contributed by atoms with E-state index in [4.69, 9.17) is 0 Å². The minimum absolute atomic E-state index is 0.108. The SMILES string of the molecule is O=C(/C=C/c1ccc(F)cc1)N[C@H]1CCNC1. The number of carbonyl (C=O) groups is 1. The molecule has 1 aliphatic heterocycles. The second kappa shape index (κ2) is 5.59. The van der Waals surface area contributed by atoms with Crippen molar-refractivity contribution >= 4 is 12.0 Å². The van der Waals surface area contributed by atoms with Gasteiger partial charge in [0, 0.05) is 18.7 Å². The molecule has 0 saturated carbocycles. The van der Waals surface area contributed by atoms with Crippen LogP contribution in [0, 0.1) is 5.82 Å². The summed E-state index contributed by atoms with van der Waals surface area (Å²) in [4.78, 5) is 11.5. The maximum atomic E-state index is 12.6. The largest absolute Gasteiger partial charge is 0.348 e. The van der Waals surface area contributed by atoms with Crippen LogP contribution in [0.1, 0.15) is 12.0 Å². The molecular formula is C13H15FN2O. The molecule has 2 N–H and O–H groups in total. The Balaban J connectivity index is 1.86. The lowest BCUT2D eigenvalue weighted by molar-refractivity contribution is -0.117. The molecule has 1 amide bonds. The van der Waals surface area contributed by atoms with Gasteiger partial charge in [-0.2, -0.15) is 0 Å². The van der Waals surface area contributed by atoms with E-state index < -0.39 is 0 Å². The van der Waals surface area contributed by atoms with Crippen LogP contribution in [0.2, 0.25) is 0 Å². The van der Waals surface area contributed by atoms with Crippen LogP contribution in [0.25, 0.3) is 6.08 Å². The Labute approximate surface area is 99.7 Å². The van der Waals surface area contributed by atoms with Gasteiger partial charge in [-0.05, 0) is 36.7 Å². The molecule has 3 nitrogen and oxygen atoms in total. The summed E-state index contributed by atoms with van der Waals surface area (Å²) in [7, 11) is 0. The zero-order valence-electron chi connectivity index (χ0n) is 9.45. The lowest BCUT2D eigenvalue weighted by Gasteiger charge is -2.08. The van der Waals surface area contributed by atoms with Crippen molar-refractivity contribution in [3.8, 4) is 0 Å². The third-order valence-corrected chi connectivity index (χ3v) is 2.70. The fourth-order valence-electron chi connectivity index (χ4n) is 1.77. The Morgan fingerprint density at radius 3 is 2.82 bits per heavy atom. The molecular weight excluding hydrogens is 219 g/mol. The van der Waals surface area contributed by atoms with Gasteiger partial charge in [0.2, 0.25) is 5.91 Å². The van der Waals surface area contributed by atoms with Crippen LogP contribution < -0.4 is 10.6 Å². The van der Waals surface area contributed by atoms with E-state index in [-0.39, 0.29) is 17.8 Å². The van der Waals surface area contributed by atoms with Crippen molar-refractivity contribution in [3.63, 3.8) is 0 Å². The van der Waals surface area contributed by atoms with E-state index in [9.17, 15) is 9.18 Å². The first-order chi connectivity index (χ1) is 8.24. The van der Waals surface area contributed by atoms with E-state index in [0.717, 1.165) is 25.1 Å². The van der Waals surface area contributed by atoms with Crippen LogP contribution in [-0.2, 0) is 4.79 Å². The molecule has 1 heterocycles. The monoisotopic (exact) mass is 234 g/mol. The van der Waals surface area contributed by atoms with Gasteiger partial charge in [-0.15, -0.1) is 0 Å². The number of halogens is 1. The standard InChI is InChI=1S/C13H15FN2O/c14-11-4-1-10(2-5-11)3-6-13(17)16-12-7-8-15-9-12/h1-6,12,15H,7-9H2,(H,16,17)/b6-3+/t12-/m0/s1. The second-order valence-corrected chi connectivity index (χ2v) is 4.08. The Morgan fingerprint density at radius 1 is 1.41 bits per heavy atom. The molecule has 0 aliphatic carbocycles. The summed E-state index contributed by atoms with van der Waals surface area (Å²) in [5.41, 5.74) is 0.811. The first kappa shape index (κ1) is 11.8. The maximum Gasteiger partial charge on any atom is 0.244 e. The quantitative estimate of drug-likeness (QED) is 0.774. The zero-order valence-corrected chi connectivity index (χ0v) is 9.45. The van der Waals surface area contributed by atoms with Gasteiger partial charge < -0.3 is 10.6 Å². The van der Waals surface area contributed by atoms with Crippen molar-refractivity contribution in [2.75, 3.05) is 13.1 Å². The number of benzene rings is 1. The number of rotatable bonds is 3. The van der Waals surface area contributed by atoms with E-state index in [0.29, 0.717) is 0 Å². The summed E-state index contributed by atoms with van der Waals surface area (Å²) in [6.07, 6.45) is 4.12. The highest BCUT2D eigenvalue weighted by Gasteiger charge is 2.14. The Hall–Kier alpha value is -1.68. The molecule has 17 heavy (non-hydrogen) atoms. The number of hydrogen-bond acceptors (Lipinski definition) is 2. The van der Waals surface area contributed by atoms with Gasteiger partial charge in [0.05, 0.1) is 0 Å². The van der Waals surface area contributed by atoms with Crippen LogP contribution in [0.15, 0.2) is 30.3 Å². The lowest BCUT2D eigenvalue weighted by Crippen LogP contribution is -2.34. The molecule has 0 aromatic heterocycles. The maximum absolute atomic E-state index is 12.6. The number of hydrogen-bond donors (Lipinski definition) is 2. The van der Waals surface area contributed by atoms with Crippen LogP contribution in [0.3, 0.4) is 0 Å². The topological polar surface area (TPSA) is 41.1 Å². The fourth-order valence-corrected chi connectivity index (χ4v) is 1.77. The minimum atomic E-state index is -0.274. The number of carbonyl (C=O) groups excluding carboxylic acids is 1. The third kappa shape index (κ3) is 3.67. The summed E-state index contributed by atoms with van der Waals surface area (Å²) in [5.74, 6) is -0.383. The highest BCUT2D eigenvalue weighted by molar-refractivity contribution is 5.91. The zero-order chi connectivity index (χ0) is 12.1. The average Bonchev–Trinajstić information content (AvgIpc) is 2.81. The normalized spacial score (nSPS) is 19.7. The molecule has 1 saturated heterocycles. The van der Waals surface area contributed by atoms with Gasteiger partial charge in [0.25, 0.3) is 0 Å². The molecule has 0 bridgehead atoms. The highest BCUT2D eigenvalue weighted by atomic mass is 19.1. The molecule has 90 valence electrons. The van der Waals surface area contributed by atoms with Gasteiger partial charge in [0.15, 0.2) is 0 Å². The molecule has 1 aromatic carbocycles. The van der Waals surface area contributed by atoms with Crippen LogP contribution >= 0.6 is 0 Å². The van der Waals surface area contributed by atoms with Crippen LogP contribution in [0.5, 0.6) is 0 Å². The molecule has 2 rings (SSSR count).